The van der Waals surface area contributed by atoms with E-state index >= 15 is 0 Å². The molecule has 332 valence electrons. The number of carbonyl (C=O) groups is 2. The van der Waals surface area contributed by atoms with Crippen molar-refractivity contribution >= 4 is 46.3 Å². The van der Waals surface area contributed by atoms with Crippen LogP contribution >= 0.6 is 22.9 Å². The summed E-state index contributed by atoms with van der Waals surface area (Å²) in [6, 6.07) is 18.3. The van der Waals surface area contributed by atoms with Crippen LogP contribution in [0.5, 0.6) is 5.75 Å². The SMILES string of the molecule is Cc1sc2c(c1C)C(c1ccc(C(=O)N3CC[C@]4(CCCN(c5ccc(C(=O)NC6CCC(Oc7ccc(C#N)c(Cl)c7)CC6)nn5)C4)C3)cc1)=N[C@H](Cc1ncco1)c1nnc(C)n1-2. The van der Waals surface area contributed by atoms with Crippen molar-refractivity contribution in [3.63, 3.8) is 0 Å². The summed E-state index contributed by atoms with van der Waals surface area (Å²) in [5.74, 6) is 3.27. The Labute approximate surface area is 385 Å². The number of piperidine rings is 1. The van der Waals surface area contributed by atoms with Crippen molar-refractivity contribution in [1.82, 2.24) is 40.2 Å². The van der Waals surface area contributed by atoms with Crippen LogP contribution < -0.4 is 15.0 Å². The summed E-state index contributed by atoms with van der Waals surface area (Å²) in [6.45, 7) is 9.16. The number of likely N-dealkylation sites (tertiary alicyclic amines) is 1. The van der Waals surface area contributed by atoms with Crippen molar-refractivity contribution in [2.45, 2.75) is 90.3 Å². The van der Waals surface area contributed by atoms with Crippen LogP contribution in [0.2, 0.25) is 5.02 Å². The van der Waals surface area contributed by atoms with E-state index in [0.29, 0.717) is 47.3 Å². The van der Waals surface area contributed by atoms with Crippen molar-refractivity contribution < 1.29 is 18.7 Å². The predicted molar refractivity (Wildman–Crippen MR) is 245 cm³/mol. The number of nitriles is 1. The van der Waals surface area contributed by atoms with Gasteiger partial charge in [-0.1, -0.05) is 23.7 Å². The van der Waals surface area contributed by atoms with Crippen molar-refractivity contribution in [2.75, 3.05) is 31.1 Å². The molecular formula is C48H48ClN11O4S. The van der Waals surface area contributed by atoms with Crippen molar-refractivity contribution in [1.29, 1.82) is 5.26 Å². The first-order valence-corrected chi connectivity index (χ1v) is 23.4. The summed E-state index contributed by atoms with van der Waals surface area (Å²) in [7, 11) is 0. The van der Waals surface area contributed by atoms with Gasteiger partial charge in [0.1, 0.15) is 34.9 Å². The van der Waals surface area contributed by atoms with E-state index in [1.807, 2.05) is 42.2 Å². The number of aryl methyl sites for hydroxylation is 2. The monoisotopic (exact) mass is 909 g/mol. The lowest BCUT2D eigenvalue weighted by Gasteiger charge is -2.40. The lowest BCUT2D eigenvalue weighted by molar-refractivity contribution is 0.0767. The topological polar surface area (TPSA) is 181 Å². The minimum absolute atomic E-state index is 0.00900. The molecule has 10 rings (SSSR count). The fourth-order valence-corrected chi connectivity index (χ4v) is 11.3. The predicted octanol–water partition coefficient (Wildman–Crippen LogP) is 7.94. The molecule has 6 aromatic rings. The van der Waals surface area contributed by atoms with Crippen LogP contribution in [0.15, 0.2) is 76.5 Å². The molecule has 7 heterocycles. The molecule has 4 aliphatic rings. The number of fused-ring (bicyclic) bond motifs is 3. The van der Waals surface area contributed by atoms with Gasteiger partial charge in [-0.25, -0.2) is 4.98 Å². The van der Waals surface area contributed by atoms with E-state index in [-0.39, 0.29) is 41.1 Å². The smallest absolute Gasteiger partial charge is 0.272 e. The first-order valence-electron chi connectivity index (χ1n) is 22.2. The maximum Gasteiger partial charge on any atom is 0.272 e. The number of halogens is 1. The van der Waals surface area contributed by atoms with E-state index in [4.69, 9.17) is 31.0 Å². The lowest BCUT2D eigenvalue weighted by Crippen LogP contribution is -2.46. The Bertz CT molecular complexity index is 2830. The summed E-state index contributed by atoms with van der Waals surface area (Å²) < 4.78 is 13.9. The number of amides is 2. The number of benzene rings is 2. The summed E-state index contributed by atoms with van der Waals surface area (Å²) in [6.07, 6.45) is 9.67. The minimum atomic E-state index is -0.378. The molecule has 2 amide bonds. The number of aromatic nitrogens is 6. The number of nitrogens with zero attached hydrogens (tertiary/aromatic N) is 10. The highest BCUT2D eigenvalue weighted by Gasteiger charge is 2.43. The van der Waals surface area contributed by atoms with Gasteiger partial charge in [0.2, 0.25) is 0 Å². The van der Waals surface area contributed by atoms with Gasteiger partial charge in [0, 0.05) is 65.3 Å². The second-order valence-electron chi connectivity index (χ2n) is 17.7. The van der Waals surface area contributed by atoms with Crippen molar-refractivity contribution in [3.05, 3.63) is 128 Å². The Hall–Kier alpha value is -6.44. The summed E-state index contributed by atoms with van der Waals surface area (Å²) in [5.41, 5.74) is 5.25. The minimum Gasteiger partial charge on any atom is -0.490 e. The van der Waals surface area contributed by atoms with E-state index in [1.54, 1.807) is 48.1 Å². The highest BCUT2D eigenvalue weighted by molar-refractivity contribution is 7.15. The molecule has 1 N–H and O–H groups in total. The number of rotatable bonds is 9. The van der Waals surface area contributed by atoms with Crippen LogP contribution in [0.4, 0.5) is 5.82 Å². The number of hydrogen-bond donors (Lipinski definition) is 1. The second kappa shape index (κ2) is 17.5. The molecular weight excluding hydrogens is 862 g/mol. The van der Waals surface area contributed by atoms with Gasteiger partial charge in [0.05, 0.1) is 35.0 Å². The second-order valence-corrected chi connectivity index (χ2v) is 19.3. The number of carbonyl (C=O) groups excluding carboxylic acids is 2. The first kappa shape index (κ1) is 42.5. The van der Waals surface area contributed by atoms with Gasteiger partial charge < -0.3 is 24.3 Å². The van der Waals surface area contributed by atoms with E-state index in [9.17, 15) is 9.59 Å². The summed E-state index contributed by atoms with van der Waals surface area (Å²) >= 11 is 7.89. The van der Waals surface area contributed by atoms with Gasteiger partial charge >= 0.3 is 0 Å². The molecule has 2 atom stereocenters. The van der Waals surface area contributed by atoms with E-state index < -0.39 is 0 Å². The van der Waals surface area contributed by atoms with Gasteiger partial charge in [-0.05, 0) is 108 Å². The number of hydrogen-bond acceptors (Lipinski definition) is 13. The van der Waals surface area contributed by atoms with E-state index in [1.165, 1.54) is 4.88 Å². The normalized spacial score (nSPS) is 21.6. The van der Waals surface area contributed by atoms with Crippen LogP contribution in [-0.2, 0) is 6.42 Å². The molecule has 2 aromatic carbocycles. The average molecular weight is 911 g/mol. The number of thiophene rings is 1. The zero-order valence-electron chi connectivity index (χ0n) is 36.5. The Balaban J connectivity index is 0.768. The molecule has 0 radical (unpaired) electrons. The quantitative estimate of drug-likeness (QED) is 0.149. The number of oxazole rings is 1. The molecule has 15 nitrogen and oxygen atoms in total. The molecule has 0 bridgehead atoms. The summed E-state index contributed by atoms with van der Waals surface area (Å²) in [4.78, 5) is 42.5. The van der Waals surface area contributed by atoms with Crippen LogP contribution in [0.25, 0.3) is 5.00 Å². The third-order valence-corrected chi connectivity index (χ3v) is 15.0. The van der Waals surface area contributed by atoms with Gasteiger partial charge in [-0.3, -0.25) is 19.1 Å². The standard InChI is InChI=1S/C48H48ClN11O4S/c1-28-29(2)65-47-42(28)43(53-39(24-41-51-19-22-63-41)44-57-54-30(3)60(44)47)31-5-7-32(8-6-31)46(62)59-21-18-48(27-59)17-4-20-58(26-48)40-16-15-38(55-56-40)45(61)52-34-10-13-35(14-11-34)64-36-12-9-33(25-50)37(49)23-36/h5-9,12,15-16,19,22-23,34-35,39H,4,10-11,13-14,17-18,20-21,24,26-27H2,1-3H3,(H,52,61)/t34?,35?,39-,48+/m1/s1. The zero-order valence-corrected chi connectivity index (χ0v) is 38.0. The average Bonchev–Trinajstić information content (AvgIpc) is 4.12. The van der Waals surface area contributed by atoms with Crippen molar-refractivity contribution in [3.8, 4) is 16.8 Å². The molecule has 1 aliphatic carbocycles. The molecule has 3 aliphatic heterocycles. The Morgan fingerprint density at radius 1 is 0.985 bits per heavy atom. The van der Waals surface area contributed by atoms with E-state index in [2.05, 4.69) is 60.1 Å². The fourth-order valence-electron chi connectivity index (χ4n) is 9.89. The number of ether oxygens (including phenoxy) is 1. The maximum absolute atomic E-state index is 14.1. The molecule has 1 spiro atoms. The molecule has 0 unspecified atom stereocenters. The lowest BCUT2D eigenvalue weighted by atomic mass is 9.79. The van der Waals surface area contributed by atoms with E-state index in [0.717, 1.165) is 103 Å². The molecule has 65 heavy (non-hydrogen) atoms. The third-order valence-electron chi connectivity index (χ3n) is 13.5. The molecule has 2 saturated heterocycles. The molecule has 3 fully saturated rings. The Morgan fingerprint density at radius 2 is 1.82 bits per heavy atom. The highest BCUT2D eigenvalue weighted by Crippen LogP contribution is 2.42. The zero-order chi connectivity index (χ0) is 44.8. The molecule has 4 aromatic heterocycles. The van der Waals surface area contributed by atoms with Gasteiger partial charge in [0.15, 0.2) is 23.2 Å². The fraction of sp³-hybridized carbons (Fsp3) is 0.396. The van der Waals surface area contributed by atoms with Gasteiger partial charge in [0.25, 0.3) is 11.8 Å². The largest absolute Gasteiger partial charge is 0.490 e. The summed E-state index contributed by atoms with van der Waals surface area (Å²) in [5, 5.41) is 31.6. The Morgan fingerprint density at radius 3 is 2.55 bits per heavy atom. The van der Waals surface area contributed by atoms with Gasteiger partial charge in [-0.2, -0.15) is 5.26 Å². The van der Waals surface area contributed by atoms with Crippen LogP contribution in [0.1, 0.15) is 117 Å². The molecule has 17 heteroatoms. The van der Waals surface area contributed by atoms with Crippen LogP contribution in [0, 0.1) is 37.5 Å². The Kier molecular flexibility index (Phi) is 11.4. The van der Waals surface area contributed by atoms with Gasteiger partial charge in [-0.15, -0.1) is 31.7 Å². The number of anilines is 1. The number of aliphatic imine (C=N–C) groups is 1. The van der Waals surface area contributed by atoms with Crippen LogP contribution in [-0.4, -0.2) is 90.7 Å². The third kappa shape index (κ3) is 8.39. The van der Waals surface area contributed by atoms with Crippen molar-refractivity contribution in [2.24, 2.45) is 10.4 Å². The first-order chi connectivity index (χ1) is 31.5. The number of nitrogens with one attached hydrogen (secondary N) is 1. The molecule has 1 saturated carbocycles. The highest BCUT2D eigenvalue weighted by atomic mass is 35.5. The maximum atomic E-state index is 14.1. The van der Waals surface area contributed by atoms with Crippen LogP contribution in [0.3, 0.4) is 0 Å².